The second kappa shape index (κ2) is 5.50. The van der Waals surface area contributed by atoms with Crippen LogP contribution in [0.5, 0.6) is 0 Å². The van der Waals surface area contributed by atoms with Gasteiger partial charge in [-0.2, -0.15) is 5.26 Å². The third-order valence-corrected chi connectivity index (χ3v) is 2.37. The predicted octanol–water partition coefficient (Wildman–Crippen LogP) is 1.85. The molecular formula is C11H11ClN2O2. The molecule has 4 nitrogen and oxygen atoms in total. The van der Waals surface area contributed by atoms with E-state index in [1.807, 2.05) is 6.07 Å². The zero-order valence-corrected chi connectivity index (χ0v) is 9.54. The monoisotopic (exact) mass is 238 g/mol. The summed E-state index contributed by atoms with van der Waals surface area (Å²) in [6.45, 7) is 2.09. The normalized spacial score (nSPS) is 9.62. The topological polar surface area (TPSA) is 76.1 Å². The fourth-order valence-electron chi connectivity index (χ4n) is 1.32. The highest BCUT2D eigenvalue weighted by Gasteiger charge is 2.19. The Morgan fingerprint density at radius 1 is 1.62 bits per heavy atom. The maximum absolute atomic E-state index is 11.6. The fraction of sp³-hybridized carbons (Fsp3) is 0.273. The van der Waals surface area contributed by atoms with Gasteiger partial charge in [-0.3, -0.25) is 0 Å². The molecule has 0 saturated heterocycles. The molecule has 0 saturated carbocycles. The number of nitrogens with two attached hydrogens (primary N) is 1. The van der Waals surface area contributed by atoms with Crippen molar-refractivity contribution in [3.63, 3.8) is 0 Å². The second-order valence-electron chi connectivity index (χ2n) is 2.99. The summed E-state index contributed by atoms with van der Waals surface area (Å²) >= 11 is 5.87. The maximum atomic E-state index is 11.6. The Bertz CT molecular complexity index is 452. The SMILES string of the molecule is CCOC(=O)c1c(Cl)ccc(CN)c1C#N. The molecule has 0 aliphatic heterocycles. The zero-order valence-electron chi connectivity index (χ0n) is 8.79. The van der Waals surface area contributed by atoms with E-state index in [2.05, 4.69) is 0 Å². The van der Waals surface area contributed by atoms with Crippen LogP contribution in [-0.4, -0.2) is 12.6 Å². The van der Waals surface area contributed by atoms with Crippen molar-refractivity contribution in [3.8, 4) is 6.07 Å². The van der Waals surface area contributed by atoms with Crippen molar-refractivity contribution in [1.82, 2.24) is 0 Å². The van der Waals surface area contributed by atoms with Crippen LogP contribution >= 0.6 is 11.6 Å². The first-order valence-electron chi connectivity index (χ1n) is 4.74. The Labute approximate surface area is 98.6 Å². The van der Waals surface area contributed by atoms with E-state index in [4.69, 9.17) is 27.3 Å². The number of halogens is 1. The Morgan fingerprint density at radius 2 is 2.31 bits per heavy atom. The molecule has 0 radical (unpaired) electrons. The van der Waals surface area contributed by atoms with Crippen LogP contribution in [0, 0.1) is 11.3 Å². The molecule has 1 rings (SSSR count). The van der Waals surface area contributed by atoms with Crippen molar-refractivity contribution in [2.45, 2.75) is 13.5 Å². The van der Waals surface area contributed by atoms with Crippen LogP contribution in [0.3, 0.4) is 0 Å². The van der Waals surface area contributed by atoms with Gasteiger partial charge in [0, 0.05) is 6.54 Å². The highest BCUT2D eigenvalue weighted by Crippen LogP contribution is 2.23. The third kappa shape index (κ3) is 2.32. The number of rotatable bonds is 3. The van der Waals surface area contributed by atoms with Gasteiger partial charge in [-0.25, -0.2) is 4.79 Å². The van der Waals surface area contributed by atoms with E-state index in [-0.39, 0.29) is 29.3 Å². The molecule has 0 atom stereocenters. The first-order chi connectivity index (χ1) is 7.65. The number of nitrogens with zero attached hydrogens (tertiary/aromatic N) is 1. The minimum absolute atomic E-state index is 0.0916. The molecular weight excluding hydrogens is 228 g/mol. The van der Waals surface area contributed by atoms with E-state index >= 15 is 0 Å². The van der Waals surface area contributed by atoms with Gasteiger partial charge in [0.15, 0.2) is 0 Å². The standard InChI is InChI=1S/C11H11ClN2O2/c1-2-16-11(15)10-8(6-14)7(5-13)3-4-9(10)12/h3-4H,2,5,13H2,1H3. The van der Waals surface area contributed by atoms with E-state index in [0.29, 0.717) is 5.56 Å². The first-order valence-corrected chi connectivity index (χ1v) is 5.12. The smallest absolute Gasteiger partial charge is 0.341 e. The van der Waals surface area contributed by atoms with Gasteiger partial charge in [0.1, 0.15) is 6.07 Å². The molecule has 0 heterocycles. The molecule has 16 heavy (non-hydrogen) atoms. The largest absolute Gasteiger partial charge is 0.462 e. The summed E-state index contributed by atoms with van der Waals surface area (Å²) in [6, 6.07) is 5.10. The Morgan fingerprint density at radius 3 is 2.81 bits per heavy atom. The Hall–Kier alpha value is -1.57. The Balaban J connectivity index is 3.35. The molecule has 2 N–H and O–H groups in total. The minimum Gasteiger partial charge on any atom is -0.462 e. The average Bonchev–Trinajstić information content (AvgIpc) is 2.28. The van der Waals surface area contributed by atoms with E-state index in [1.165, 1.54) is 6.07 Å². The summed E-state index contributed by atoms with van der Waals surface area (Å²) < 4.78 is 4.84. The summed E-state index contributed by atoms with van der Waals surface area (Å²) in [6.07, 6.45) is 0. The minimum atomic E-state index is -0.598. The van der Waals surface area contributed by atoms with E-state index in [1.54, 1.807) is 13.0 Å². The molecule has 0 aromatic heterocycles. The summed E-state index contributed by atoms with van der Waals surface area (Å²) in [7, 11) is 0. The molecule has 5 heteroatoms. The van der Waals surface area contributed by atoms with Crippen LogP contribution < -0.4 is 5.73 Å². The molecule has 0 spiro atoms. The molecule has 0 fully saturated rings. The maximum Gasteiger partial charge on any atom is 0.341 e. The number of benzene rings is 1. The highest BCUT2D eigenvalue weighted by atomic mass is 35.5. The summed E-state index contributed by atoms with van der Waals surface area (Å²) in [5.74, 6) is -0.598. The number of carbonyl (C=O) groups is 1. The lowest BCUT2D eigenvalue weighted by molar-refractivity contribution is 0.0526. The molecule has 84 valence electrons. The first kappa shape index (κ1) is 12.5. The van der Waals surface area contributed by atoms with E-state index < -0.39 is 5.97 Å². The van der Waals surface area contributed by atoms with Gasteiger partial charge in [-0.1, -0.05) is 17.7 Å². The number of esters is 1. The number of ether oxygens (including phenoxy) is 1. The molecule has 0 aliphatic rings. The van der Waals surface area contributed by atoms with Crippen LogP contribution in [0.4, 0.5) is 0 Å². The number of carbonyl (C=O) groups excluding carboxylic acids is 1. The lowest BCUT2D eigenvalue weighted by Crippen LogP contribution is -2.11. The quantitative estimate of drug-likeness (QED) is 0.816. The lowest BCUT2D eigenvalue weighted by Gasteiger charge is -2.09. The van der Waals surface area contributed by atoms with Crippen LogP contribution in [0.1, 0.15) is 28.4 Å². The van der Waals surface area contributed by atoms with Crippen LogP contribution in [0.15, 0.2) is 12.1 Å². The molecule has 1 aromatic rings. The number of nitriles is 1. The van der Waals surface area contributed by atoms with Gasteiger partial charge < -0.3 is 10.5 Å². The summed E-state index contributed by atoms with van der Waals surface area (Å²) in [4.78, 5) is 11.6. The van der Waals surface area contributed by atoms with Crippen molar-refractivity contribution in [2.24, 2.45) is 5.73 Å². The van der Waals surface area contributed by atoms with Crippen molar-refractivity contribution in [2.75, 3.05) is 6.61 Å². The molecule has 1 aromatic carbocycles. The van der Waals surface area contributed by atoms with Gasteiger partial charge in [0.25, 0.3) is 0 Å². The zero-order chi connectivity index (χ0) is 12.1. The van der Waals surface area contributed by atoms with E-state index in [9.17, 15) is 4.79 Å². The molecule has 0 bridgehead atoms. The van der Waals surface area contributed by atoms with Gasteiger partial charge in [0.05, 0.1) is 22.8 Å². The van der Waals surface area contributed by atoms with Gasteiger partial charge in [-0.05, 0) is 18.6 Å². The van der Waals surface area contributed by atoms with Crippen molar-refractivity contribution >= 4 is 17.6 Å². The van der Waals surface area contributed by atoms with Crippen LogP contribution in [-0.2, 0) is 11.3 Å². The van der Waals surface area contributed by atoms with Crippen LogP contribution in [0.25, 0.3) is 0 Å². The summed E-state index contributed by atoms with van der Waals surface area (Å²) in [5.41, 5.74) is 6.33. The van der Waals surface area contributed by atoms with Crippen molar-refractivity contribution < 1.29 is 9.53 Å². The lowest BCUT2D eigenvalue weighted by atomic mass is 10.0. The third-order valence-electron chi connectivity index (χ3n) is 2.05. The average molecular weight is 239 g/mol. The van der Waals surface area contributed by atoms with E-state index in [0.717, 1.165) is 0 Å². The second-order valence-corrected chi connectivity index (χ2v) is 3.40. The molecule has 0 amide bonds. The fourth-order valence-corrected chi connectivity index (χ4v) is 1.56. The van der Waals surface area contributed by atoms with Gasteiger partial charge >= 0.3 is 5.97 Å². The highest BCUT2D eigenvalue weighted by molar-refractivity contribution is 6.34. The predicted molar refractivity (Wildman–Crippen MR) is 60.0 cm³/mol. The Kier molecular flexibility index (Phi) is 4.29. The molecule has 0 unspecified atom stereocenters. The van der Waals surface area contributed by atoms with Crippen molar-refractivity contribution in [3.05, 3.63) is 33.8 Å². The summed E-state index contributed by atoms with van der Waals surface area (Å²) in [5, 5.41) is 9.20. The van der Waals surface area contributed by atoms with Crippen molar-refractivity contribution in [1.29, 1.82) is 5.26 Å². The van der Waals surface area contributed by atoms with Crippen LogP contribution in [0.2, 0.25) is 5.02 Å². The number of hydrogen-bond acceptors (Lipinski definition) is 4. The van der Waals surface area contributed by atoms with Gasteiger partial charge in [-0.15, -0.1) is 0 Å². The molecule has 0 aliphatic carbocycles. The number of hydrogen-bond donors (Lipinski definition) is 1. The van der Waals surface area contributed by atoms with Gasteiger partial charge in [0.2, 0.25) is 0 Å².